The van der Waals surface area contributed by atoms with Crippen LogP contribution in [0.3, 0.4) is 0 Å². The Balaban J connectivity index is 5.78. The van der Waals surface area contributed by atoms with Crippen molar-refractivity contribution in [3.05, 3.63) is 0 Å². The standard InChI is InChI=1S/C10H32Si5/c1-11-15(12(2,3)4,13(5,6)7)14(8,9)10/h11H2,1-10H3. The van der Waals surface area contributed by atoms with Gasteiger partial charge in [-0.1, -0.05) is 65.5 Å². The van der Waals surface area contributed by atoms with E-state index < -0.39 is 28.9 Å². The Hall–Kier alpha value is 1.08. The zero-order valence-electron chi connectivity index (χ0n) is 12.7. The highest BCUT2D eigenvalue weighted by Gasteiger charge is 2.59. The van der Waals surface area contributed by atoms with Crippen LogP contribution in [0.4, 0.5) is 0 Å². The van der Waals surface area contributed by atoms with Gasteiger partial charge in [0, 0.05) is 38.0 Å². The first-order chi connectivity index (χ1) is 6.31. The third-order valence-electron chi connectivity index (χ3n) is 4.37. The van der Waals surface area contributed by atoms with Crippen LogP contribution in [0.1, 0.15) is 0 Å². The van der Waals surface area contributed by atoms with Crippen LogP contribution < -0.4 is 0 Å². The van der Waals surface area contributed by atoms with Crippen LogP contribution in [0, 0.1) is 0 Å². The number of hydrogen-bond donors (Lipinski definition) is 0. The summed E-state index contributed by atoms with van der Waals surface area (Å²) < 4.78 is 0. The largest absolute Gasteiger partial charge is 0.0772 e. The van der Waals surface area contributed by atoms with Crippen molar-refractivity contribution in [2.24, 2.45) is 0 Å². The topological polar surface area (TPSA) is 0 Å². The van der Waals surface area contributed by atoms with Gasteiger partial charge in [0.25, 0.3) is 0 Å². The second-order valence-corrected chi connectivity index (χ2v) is 61.4. The Kier molecular flexibility index (Phi) is 4.72. The van der Waals surface area contributed by atoms with Crippen molar-refractivity contribution in [1.29, 1.82) is 0 Å². The minimum atomic E-state index is -0.884. The van der Waals surface area contributed by atoms with Crippen LogP contribution in [-0.4, -0.2) is 38.0 Å². The van der Waals surface area contributed by atoms with Gasteiger partial charge in [-0.15, -0.1) is 0 Å². The third kappa shape index (κ3) is 2.67. The summed E-state index contributed by atoms with van der Waals surface area (Å²) in [4.78, 5) is 0. The predicted octanol–water partition coefficient (Wildman–Crippen LogP) is 3.40. The molecular weight excluding hydrogens is 261 g/mol. The maximum atomic E-state index is 2.70. The summed E-state index contributed by atoms with van der Waals surface area (Å²) in [5.74, 6) is 0. The predicted molar refractivity (Wildman–Crippen MR) is 90.2 cm³/mol. The first-order valence-electron chi connectivity index (χ1n) is 6.31. The molecule has 0 aliphatic heterocycles. The Morgan fingerprint density at radius 2 is 0.733 bits per heavy atom. The SMILES string of the molecule is C[SiH2][Si]([Si](C)(C)C)([Si](C)(C)C)[Si](C)(C)C. The molecular formula is C10H32Si5. The van der Waals surface area contributed by atoms with Crippen LogP contribution in [0.15, 0.2) is 0 Å². The van der Waals surface area contributed by atoms with Crippen LogP contribution in [-0.2, 0) is 0 Å². The molecule has 0 aliphatic rings. The maximum absolute atomic E-state index is 2.70. The van der Waals surface area contributed by atoms with E-state index in [0.29, 0.717) is 0 Å². The summed E-state index contributed by atoms with van der Waals surface area (Å²) in [6.07, 6.45) is -0.819. The minimum Gasteiger partial charge on any atom is -0.0772 e. The normalized spacial score (nSPS) is 16.4. The monoisotopic (exact) mass is 292 g/mol. The minimum absolute atomic E-state index is 0.233. The van der Waals surface area contributed by atoms with Gasteiger partial charge in [0.15, 0.2) is 0 Å². The average Bonchev–Trinajstić information content (AvgIpc) is 1.76. The van der Waals surface area contributed by atoms with E-state index >= 15 is 0 Å². The molecule has 0 aromatic rings. The first-order valence-corrected chi connectivity index (χ1v) is 25.6. The summed E-state index contributed by atoms with van der Waals surface area (Å²) in [7, 11) is -2.42. The Bertz CT molecular complexity index is 179. The lowest BCUT2D eigenvalue weighted by molar-refractivity contribution is 1.76. The Labute approximate surface area is 103 Å². The first kappa shape index (κ1) is 16.1. The second kappa shape index (κ2) is 4.40. The summed E-state index contributed by atoms with van der Waals surface area (Å²) >= 11 is 0. The van der Waals surface area contributed by atoms with E-state index in [1.54, 1.807) is 0 Å². The highest BCUT2D eigenvalue weighted by atomic mass is 30.2. The second-order valence-electron chi connectivity index (χ2n) is 8.01. The van der Waals surface area contributed by atoms with Crippen molar-refractivity contribution in [3.63, 3.8) is 0 Å². The van der Waals surface area contributed by atoms with Gasteiger partial charge in [-0.2, -0.15) is 0 Å². The molecule has 0 aromatic carbocycles. The Morgan fingerprint density at radius 3 is 0.733 bits per heavy atom. The van der Waals surface area contributed by atoms with Gasteiger partial charge in [0.05, 0.1) is 0 Å². The van der Waals surface area contributed by atoms with Gasteiger partial charge in [0.1, 0.15) is 0 Å². The molecule has 0 unspecified atom stereocenters. The van der Waals surface area contributed by atoms with E-state index in [0.717, 1.165) is 0 Å². The summed E-state index contributed by atoms with van der Waals surface area (Å²) in [6.45, 7) is 27.0. The molecule has 0 amide bonds. The molecule has 0 spiro atoms. The molecule has 0 fully saturated rings. The highest BCUT2D eigenvalue weighted by Crippen LogP contribution is 2.35. The van der Waals surface area contributed by atoms with Crippen molar-refractivity contribution < 1.29 is 0 Å². The van der Waals surface area contributed by atoms with Crippen molar-refractivity contribution in [1.82, 2.24) is 0 Å². The third-order valence-corrected chi connectivity index (χ3v) is 118. The van der Waals surface area contributed by atoms with E-state index in [-0.39, 0.29) is 9.04 Å². The van der Waals surface area contributed by atoms with Gasteiger partial charge >= 0.3 is 0 Å². The maximum Gasteiger partial charge on any atom is 0.0307 e. The smallest absolute Gasteiger partial charge is 0.0307 e. The van der Waals surface area contributed by atoms with E-state index in [1.165, 1.54) is 0 Å². The molecule has 0 N–H and O–H groups in total. The quantitative estimate of drug-likeness (QED) is 0.697. The number of hydrogen-bond acceptors (Lipinski definition) is 0. The van der Waals surface area contributed by atoms with E-state index in [9.17, 15) is 0 Å². The van der Waals surface area contributed by atoms with Crippen LogP contribution in [0.25, 0.3) is 0 Å². The molecule has 0 rings (SSSR count). The lowest BCUT2D eigenvalue weighted by atomic mass is 11.8. The van der Waals surface area contributed by atoms with Crippen LogP contribution in [0.5, 0.6) is 0 Å². The van der Waals surface area contributed by atoms with E-state index in [1.807, 2.05) is 0 Å². The Morgan fingerprint density at radius 1 is 0.533 bits per heavy atom. The lowest BCUT2D eigenvalue weighted by Crippen LogP contribution is -2.85. The fourth-order valence-corrected chi connectivity index (χ4v) is 134. The molecule has 0 aliphatic carbocycles. The summed E-state index contributed by atoms with van der Waals surface area (Å²) in [5, 5.41) is 0. The van der Waals surface area contributed by atoms with Crippen LogP contribution >= 0.6 is 0 Å². The highest BCUT2D eigenvalue weighted by molar-refractivity contribution is 8.01. The molecule has 0 aromatic heterocycles. The van der Waals surface area contributed by atoms with Gasteiger partial charge in [-0.05, 0) is 0 Å². The van der Waals surface area contributed by atoms with Crippen molar-refractivity contribution in [2.75, 3.05) is 0 Å². The van der Waals surface area contributed by atoms with E-state index in [4.69, 9.17) is 0 Å². The van der Waals surface area contributed by atoms with Gasteiger partial charge < -0.3 is 0 Å². The van der Waals surface area contributed by atoms with Gasteiger partial charge in [-0.3, -0.25) is 0 Å². The average molecular weight is 293 g/mol. The molecule has 0 atom stereocenters. The molecule has 0 saturated carbocycles. The van der Waals surface area contributed by atoms with Crippen molar-refractivity contribution >= 4 is 38.0 Å². The van der Waals surface area contributed by atoms with Gasteiger partial charge in [-0.25, -0.2) is 0 Å². The molecule has 5 heteroatoms. The summed E-state index contributed by atoms with van der Waals surface area (Å²) in [5.41, 5.74) is 0. The zero-order chi connectivity index (χ0) is 12.7. The van der Waals surface area contributed by atoms with Crippen LogP contribution in [0.2, 0.25) is 65.5 Å². The number of rotatable bonds is 4. The van der Waals surface area contributed by atoms with Crippen molar-refractivity contribution in [3.8, 4) is 0 Å². The summed E-state index contributed by atoms with van der Waals surface area (Å²) in [6, 6.07) is 0. The molecule has 0 nitrogen and oxygen atoms in total. The molecule has 0 radical (unpaired) electrons. The fraction of sp³-hybridized carbons (Fsp3) is 1.00. The molecule has 15 heavy (non-hydrogen) atoms. The lowest BCUT2D eigenvalue weighted by Gasteiger charge is -2.57. The fourth-order valence-electron chi connectivity index (χ4n) is 4.97. The molecule has 0 saturated heterocycles. The van der Waals surface area contributed by atoms with E-state index in [2.05, 4.69) is 65.5 Å². The van der Waals surface area contributed by atoms with Crippen molar-refractivity contribution in [2.45, 2.75) is 65.5 Å². The molecule has 0 bridgehead atoms. The molecule has 92 valence electrons. The molecule has 0 heterocycles. The zero-order valence-corrected chi connectivity index (χ0v) is 18.1. The van der Waals surface area contributed by atoms with Gasteiger partial charge in [0.2, 0.25) is 0 Å².